The molecule has 2 N–H and O–H groups in total. The number of carbonyl (C=O) groups excluding carboxylic acids is 1. The predicted octanol–water partition coefficient (Wildman–Crippen LogP) is 3.91. The molecule has 1 unspecified atom stereocenters. The fourth-order valence-corrected chi connectivity index (χ4v) is 3.75. The number of amides is 1. The molecule has 166 valence electrons. The number of aryl methyl sites for hydroxylation is 1. The number of rotatable bonds is 9. The van der Waals surface area contributed by atoms with Gasteiger partial charge in [0.1, 0.15) is 12.4 Å². The molecule has 33 heavy (non-hydrogen) atoms. The van der Waals surface area contributed by atoms with Gasteiger partial charge >= 0.3 is 24.8 Å². The van der Waals surface area contributed by atoms with Crippen molar-refractivity contribution in [1.29, 1.82) is 0 Å². The summed E-state index contributed by atoms with van der Waals surface area (Å²) in [5.41, 5.74) is 4.91. The monoisotopic (exact) mass is 455 g/mol. The summed E-state index contributed by atoms with van der Waals surface area (Å²) < 4.78 is 0. The second kappa shape index (κ2) is 13.0. The molecular weight excluding hydrogens is 429 g/mol. The van der Waals surface area contributed by atoms with Crippen LogP contribution in [0.15, 0.2) is 61.2 Å². The van der Waals surface area contributed by atoms with Crippen LogP contribution in [0.25, 0.3) is 23.3 Å². The predicted molar refractivity (Wildman–Crippen MR) is 137 cm³/mol. The van der Waals surface area contributed by atoms with Gasteiger partial charge in [0.25, 0.3) is 5.91 Å². The summed E-state index contributed by atoms with van der Waals surface area (Å²) in [7, 11) is 0. The number of nitrogens with one attached hydrogen (secondary N) is 1. The zero-order chi connectivity index (χ0) is 22.9. The molecule has 6 nitrogen and oxygen atoms in total. The normalized spacial score (nSPS) is 11.6. The Morgan fingerprint density at radius 2 is 1.76 bits per heavy atom. The van der Waals surface area contributed by atoms with E-state index < -0.39 is 17.9 Å². The molecule has 0 aliphatic carbocycles. The number of hydrogen-bond acceptors (Lipinski definition) is 5. The Morgan fingerprint density at radius 3 is 2.42 bits per heavy atom. The van der Waals surface area contributed by atoms with Gasteiger partial charge in [-0.2, -0.15) is 11.8 Å². The van der Waals surface area contributed by atoms with E-state index in [1.54, 1.807) is 30.2 Å². The van der Waals surface area contributed by atoms with Gasteiger partial charge in [0.2, 0.25) is 0 Å². The Morgan fingerprint density at radius 1 is 1.06 bits per heavy atom. The molecule has 0 fully saturated rings. The average molecular weight is 456 g/mol. The molecule has 3 rings (SSSR count). The minimum atomic E-state index is -1.03. The van der Waals surface area contributed by atoms with Crippen LogP contribution in [0.1, 0.15) is 33.5 Å². The van der Waals surface area contributed by atoms with Crippen molar-refractivity contribution < 1.29 is 14.7 Å². The van der Waals surface area contributed by atoms with Crippen LogP contribution in [0.4, 0.5) is 0 Å². The Kier molecular flexibility index (Phi) is 10.4. The number of carbonyl (C=O) groups is 2. The van der Waals surface area contributed by atoms with Gasteiger partial charge < -0.3 is 10.4 Å². The summed E-state index contributed by atoms with van der Waals surface area (Å²) in [5, 5.41) is 12.2. The van der Waals surface area contributed by atoms with Crippen LogP contribution in [0.2, 0.25) is 0 Å². The van der Waals surface area contributed by atoms with Crippen molar-refractivity contribution in [3.8, 4) is 11.1 Å². The molecule has 0 aliphatic rings. The number of carboxylic acids is 1. The number of thioether (sulfide) groups is 1. The minimum absolute atomic E-state index is 0. The molecule has 0 saturated carbocycles. The second-order valence-electron chi connectivity index (χ2n) is 7.27. The van der Waals surface area contributed by atoms with E-state index in [1.165, 1.54) is 6.33 Å². The van der Waals surface area contributed by atoms with Crippen molar-refractivity contribution in [1.82, 2.24) is 15.3 Å². The van der Waals surface area contributed by atoms with Crippen molar-refractivity contribution in [3.05, 3.63) is 83.4 Å². The zero-order valence-electron chi connectivity index (χ0n) is 18.0. The summed E-state index contributed by atoms with van der Waals surface area (Å²) in [4.78, 5) is 32.7. The Hall–Kier alpha value is -2.85. The molecule has 0 saturated heterocycles. The Bertz CT molecular complexity index is 1120. The van der Waals surface area contributed by atoms with Gasteiger partial charge in [-0.3, -0.25) is 4.79 Å². The molecule has 8 heteroatoms. The van der Waals surface area contributed by atoms with E-state index in [1.807, 2.05) is 61.7 Å². The SMILES string of the molecule is CSCCC(NC(=O)c1ccc(/C=C/c2cncnc2)cc1-c1ccccc1C)C(=O)O.[LiH]. The zero-order valence-corrected chi connectivity index (χ0v) is 18.8. The standard InChI is InChI=1S/C25H25N3O3S.Li.H/c1-17-5-3-4-6-20(17)22-13-18(7-8-19-14-26-16-27-15-19)9-10-21(22)24(29)28-23(25(30)31)11-12-32-2;;/h3-10,13-16,23H,11-12H2,1-2H3,(H,28,29)(H,30,31);;/b8-7+;;. The number of carboxylic acid groups (broad SMARTS) is 1. The van der Waals surface area contributed by atoms with E-state index in [0.29, 0.717) is 17.7 Å². The summed E-state index contributed by atoms with van der Waals surface area (Å²) in [6, 6.07) is 12.4. The first-order valence-corrected chi connectivity index (χ1v) is 11.5. The molecule has 0 aliphatic heterocycles. The van der Waals surface area contributed by atoms with Crippen LogP contribution < -0.4 is 5.32 Å². The van der Waals surface area contributed by atoms with Crippen LogP contribution in [-0.4, -0.2) is 63.9 Å². The van der Waals surface area contributed by atoms with Crippen molar-refractivity contribution >= 4 is 54.7 Å². The molecule has 1 aromatic heterocycles. The van der Waals surface area contributed by atoms with E-state index in [2.05, 4.69) is 15.3 Å². The van der Waals surface area contributed by atoms with Gasteiger partial charge in [-0.05, 0) is 59.7 Å². The van der Waals surface area contributed by atoms with E-state index in [4.69, 9.17) is 0 Å². The number of benzene rings is 2. The van der Waals surface area contributed by atoms with Gasteiger partial charge in [-0.25, -0.2) is 14.8 Å². The third-order valence-corrected chi connectivity index (χ3v) is 5.63. The van der Waals surface area contributed by atoms with Crippen molar-refractivity contribution in [2.24, 2.45) is 0 Å². The molecule has 1 amide bonds. The quantitative estimate of drug-likeness (QED) is 0.476. The number of hydrogen-bond donors (Lipinski definition) is 2. The van der Waals surface area contributed by atoms with E-state index in [9.17, 15) is 14.7 Å². The molecule has 0 spiro atoms. The molecule has 0 bridgehead atoms. The van der Waals surface area contributed by atoms with Gasteiger partial charge in [-0.15, -0.1) is 0 Å². The summed E-state index contributed by atoms with van der Waals surface area (Å²) in [6.45, 7) is 1.99. The molecular formula is C25H26LiN3O3S. The maximum atomic E-state index is 13.1. The van der Waals surface area contributed by atoms with Crippen molar-refractivity contribution in [2.45, 2.75) is 19.4 Å². The Labute approximate surface area is 210 Å². The van der Waals surface area contributed by atoms with Crippen molar-refractivity contribution in [2.75, 3.05) is 12.0 Å². The second-order valence-corrected chi connectivity index (χ2v) is 8.26. The first kappa shape index (κ1) is 26.4. The van der Waals surface area contributed by atoms with E-state index in [-0.39, 0.29) is 18.9 Å². The third-order valence-electron chi connectivity index (χ3n) is 4.99. The fourth-order valence-electron chi connectivity index (χ4n) is 3.28. The first-order valence-electron chi connectivity index (χ1n) is 10.2. The average Bonchev–Trinajstić information content (AvgIpc) is 2.81. The summed E-state index contributed by atoms with van der Waals surface area (Å²) >= 11 is 1.55. The van der Waals surface area contributed by atoms with Crippen LogP contribution >= 0.6 is 11.8 Å². The summed E-state index contributed by atoms with van der Waals surface area (Å²) in [6.07, 6.45) is 11.0. The molecule has 1 atom stereocenters. The molecule has 1 heterocycles. The van der Waals surface area contributed by atoms with Gasteiger partial charge in [-0.1, -0.05) is 42.5 Å². The topological polar surface area (TPSA) is 92.2 Å². The van der Waals surface area contributed by atoms with E-state index in [0.717, 1.165) is 27.8 Å². The third kappa shape index (κ3) is 7.33. The van der Waals surface area contributed by atoms with Crippen molar-refractivity contribution in [3.63, 3.8) is 0 Å². The molecule has 2 aromatic carbocycles. The number of aromatic nitrogens is 2. The first-order chi connectivity index (χ1) is 15.5. The Balaban J connectivity index is 0.00000385. The van der Waals surface area contributed by atoms with Gasteiger partial charge in [0.15, 0.2) is 0 Å². The van der Waals surface area contributed by atoms with Gasteiger partial charge in [0, 0.05) is 23.5 Å². The maximum absolute atomic E-state index is 13.1. The molecule has 3 aromatic rings. The van der Waals surface area contributed by atoms with Crippen LogP contribution in [0, 0.1) is 6.92 Å². The van der Waals surface area contributed by atoms with Crippen LogP contribution in [0.3, 0.4) is 0 Å². The van der Waals surface area contributed by atoms with Crippen LogP contribution in [0.5, 0.6) is 0 Å². The number of aliphatic carboxylic acids is 1. The van der Waals surface area contributed by atoms with Gasteiger partial charge in [0.05, 0.1) is 0 Å². The summed E-state index contributed by atoms with van der Waals surface area (Å²) in [5.74, 6) is -0.785. The fraction of sp³-hybridized carbons (Fsp3) is 0.200. The van der Waals surface area contributed by atoms with E-state index >= 15 is 0 Å². The van der Waals surface area contributed by atoms with Crippen LogP contribution in [-0.2, 0) is 4.79 Å². The number of nitrogens with zero attached hydrogens (tertiary/aromatic N) is 2. The molecule has 0 radical (unpaired) electrons.